The molecule has 0 unspecified atom stereocenters. The summed E-state index contributed by atoms with van der Waals surface area (Å²) in [4.78, 5) is 17.7. The quantitative estimate of drug-likeness (QED) is 0.664. The highest BCUT2D eigenvalue weighted by molar-refractivity contribution is 5.27. The van der Waals surface area contributed by atoms with Gasteiger partial charge in [-0.25, -0.2) is 9.78 Å². The van der Waals surface area contributed by atoms with E-state index in [2.05, 4.69) is 9.97 Å². The van der Waals surface area contributed by atoms with Crippen molar-refractivity contribution in [1.29, 1.82) is 0 Å². The highest BCUT2D eigenvalue weighted by Gasteiger charge is 1.96. The molecule has 2 heterocycles. The van der Waals surface area contributed by atoms with Gasteiger partial charge >= 0.3 is 5.69 Å². The minimum absolute atomic E-state index is 0.267. The molecule has 0 aliphatic heterocycles. The SMILES string of the molecule is O=c1ncccn1-c1cc[nH]c1. The summed E-state index contributed by atoms with van der Waals surface area (Å²) in [5.74, 6) is 0. The molecule has 0 saturated carbocycles. The Morgan fingerprint density at radius 1 is 1.50 bits per heavy atom. The maximum absolute atomic E-state index is 11.2. The predicted octanol–water partition coefficient (Wildman–Crippen LogP) is 0.561. The van der Waals surface area contributed by atoms with Crippen molar-refractivity contribution in [1.82, 2.24) is 14.5 Å². The molecule has 0 aliphatic rings. The van der Waals surface area contributed by atoms with Gasteiger partial charge in [-0.05, 0) is 12.1 Å². The van der Waals surface area contributed by atoms with E-state index in [1.165, 1.54) is 10.8 Å². The summed E-state index contributed by atoms with van der Waals surface area (Å²) in [5.41, 5.74) is 0.533. The van der Waals surface area contributed by atoms with Crippen LogP contribution < -0.4 is 5.69 Å². The van der Waals surface area contributed by atoms with E-state index in [4.69, 9.17) is 0 Å². The third kappa shape index (κ3) is 1.03. The number of H-pyrrole nitrogens is 1. The zero-order valence-corrected chi connectivity index (χ0v) is 6.27. The third-order valence-electron chi connectivity index (χ3n) is 1.57. The molecule has 0 radical (unpaired) electrons. The maximum atomic E-state index is 11.2. The van der Waals surface area contributed by atoms with Gasteiger partial charge < -0.3 is 4.98 Å². The molecule has 0 bridgehead atoms. The van der Waals surface area contributed by atoms with E-state index < -0.39 is 0 Å². The molecule has 0 amide bonds. The van der Waals surface area contributed by atoms with Crippen molar-refractivity contribution in [3.05, 3.63) is 47.4 Å². The van der Waals surface area contributed by atoms with Gasteiger partial charge in [0.2, 0.25) is 0 Å². The number of hydrogen-bond donors (Lipinski definition) is 1. The number of aromatic amines is 1. The lowest BCUT2D eigenvalue weighted by atomic mass is 10.5. The first-order valence-corrected chi connectivity index (χ1v) is 3.55. The molecule has 2 aromatic heterocycles. The zero-order valence-electron chi connectivity index (χ0n) is 6.27. The van der Waals surface area contributed by atoms with Gasteiger partial charge in [0.05, 0.1) is 5.69 Å². The molecule has 0 fully saturated rings. The highest BCUT2D eigenvalue weighted by atomic mass is 16.1. The van der Waals surface area contributed by atoms with Crippen LogP contribution in [-0.4, -0.2) is 14.5 Å². The van der Waals surface area contributed by atoms with E-state index in [-0.39, 0.29) is 5.69 Å². The Morgan fingerprint density at radius 3 is 3.08 bits per heavy atom. The third-order valence-corrected chi connectivity index (χ3v) is 1.57. The summed E-state index contributed by atoms with van der Waals surface area (Å²) in [6, 6.07) is 3.53. The number of rotatable bonds is 1. The van der Waals surface area contributed by atoms with Crippen molar-refractivity contribution in [2.24, 2.45) is 0 Å². The Kier molecular flexibility index (Phi) is 1.51. The average molecular weight is 161 g/mol. The van der Waals surface area contributed by atoms with Crippen LogP contribution in [0.1, 0.15) is 0 Å². The fraction of sp³-hybridized carbons (Fsp3) is 0. The first kappa shape index (κ1) is 6.84. The molecular weight excluding hydrogens is 154 g/mol. The van der Waals surface area contributed by atoms with E-state index in [0.29, 0.717) is 0 Å². The van der Waals surface area contributed by atoms with Crippen molar-refractivity contribution in [3.8, 4) is 5.69 Å². The van der Waals surface area contributed by atoms with Gasteiger partial charge in [-0.15, -0.1) is 0 Å². The number of nitrogens with zero attached hydrogens (tertiary/aromatic N) is 2. The highest BCUT2D eigenvalue weighted by Crippen LogP contribution is 1.99. The Hall–Kier alpha value is -1.84. The monoisotopic (exact) mass is 161 g/mol. The van der Waals surface area contributed by atoms with E-state index in [1.54, 1.807) is 24.7 Å². The lowest BCUT2D eigenvalue weighted by Crippen LogP contribution is -2.18. The molecule has 60 valence electrons. The number of nitrogens with one attached hydrogen (secondary N) is 1. The first-order chi connectivity index (χ1) is 5.88. The molecule has 0 aliphatic carbocycles. The molecule has 0 aromatic carbocycles. The summed E-state index contributed by atoms with van der Waals surface area (Å²) < 4.78 is 1.47. The second-order valence-corrected chi connectivity index (χ2v) is 2.34. The lowest BCUT2D eigenvalue weighted by molar-refractivity contribution is 0.915. The predicted molar refractivity (Wildman–Crippen MR) is 44.2 cm³/mol. The smallest absolute Gasteiger partial charge is 0.352 e. The maximum Gasteiger partial charge on any atom is 0.352 e. The number of aromatic nitrogens is 3. The van der Waals surface area contributed by atoms with Gasteiger partial charge in [0.15, 0.2) is 0 Å². The van der Waals surface area contributed by atoms with Crippen molar-refractivity contribution >= 4 is 0 Å². The summed E-state index contributed by atoms with van der Waals surface area (Å²) in [6.45, 7) is 0. The second kappa shape index (κ2) is 2.65. The van der Waals surface area contributed by atoms with Crippen LogP contribution in [0.4, 0.5) is 0 Å². The minimum Gasteiger partial charge on any atom is -0.366 e. The normalized spacial score (nSPS) is 10.0. The van der Waals surface area contributed by atoms with E-state index in [1.807, 2.05) is 6.07 Å². The Morgan fingerprint density at radius 2 is 2.42 bits per heavy atom. The molecule has 12 heavy (non-hydrogen) atoms. The van der Waals surface area contributed by atoms with Gasteiger partial charge in [0.1, 0.15) is 0 Å². The Bertz CT molecular complexity index is 416. The lowest BCUT2D eigenvalue weighted by Gasteiger charge is -1.97. The summed E-state index contributed by atoms with van der Waals surface area (Å²) in [6.07, 6.45) is 6.65. The fourth-order valence-electron chi connectivity index (χ4n) is 1.02. The van der Waals surface area contributed by atoms with Crippen molar-refractivity contribution in [2.45, 2.75) is 0 Å². The average Bonchev–Trinajstić information content (AvgIpc) is 2.57. The topological polar surface area (TPSA) is 50.7 Å². The molecule has 2 rings (SSSR count). The first-order valence-electron chi connectivity index (χ1n) is 3.55. The molecule has 2 aromatic rings. The van der Waals surface area contributed by atoms with E-state index in [9.17, 15) is 4.79 Å². The van der Waals surface area contributed by atoms with Gasteiger partial charge in [-0.2, -0.15) is 0 Å². The van der Waals surface area contributed by atoms with Crippen LogP contribution in [-0.2, 0) is 0 Å². The second-order valence-electron chi connectivity index (χ2n) is 2.34. The molecule has 0 spiro atoms. The molecule has 0 atom stereocenters. The van der Waals surface area contributed by atoms with E-state index in [0.717, 1.165) is 5.69 Å². The minimum atomic E-state index is -0.267. The van der Waals surface area contributed by atoms with Gasteiger partial charge in [0, 0.05) is 24.8 Å². The number of hydrogen-bond acceptors (Lipinski definition) is 2. The van der Waals surface area contributed by atoms with Gasteiger partial charge in [0.25, 0.3) is 0 Å². The van der Waals surface area contributed by atoms with Crippen molar-refractivity contribution in [2.75, 3.05) is 0 Å². The van der Waals surface area contributed by atoms with Crippen LogP contribution in [0.2, 0.25) is 0 Å². The summed E-state index contributed by atoms with van der Waals surface area (Å²) in [7, 11) is 0. The molecular formula is C8H7N3O. The van der Waals surface area contributed by atoms with Crippen LogP contribution >= 0.6 is 0 Å². The van der Waals surface area contributed by atoms with Crippen molar-refractivity contribution in [3.63, 3.8) is 0 Å². The van der Waals surface area contributed by atoms with Gasteiger partial charge in [-0.1, -0.05) is 0 Å². The van der Waals surface area contributed by atoms with Crippen molar-refractivity contribution < 1.29 is 0 Å². The standard InChI is InChI=1S/C8H7N3O/c12-8-10-3-1-5-11(8)7-2-4-9-6-7/h1-6,9H. The fourth-order valence-corrected chi connectivity index (χ4v) is 1.02. The largest absolute Gasteiger partial charge is 0.366 e. The van der Waals surface area contributed by atoms with Crippen LogP contribution in [0.15, 0.2) is 41.7 Å². The zero-order chi connectivity index (χ0) is 8.39. The summed E-state index contributed by atoms with van der Waals surface area (Å²) >= 11 is 0. The van der Waals surface area contributed by atoms with Crippen LogP contribution in [0, 0.1) is 0 Å². The molecule has 0 saturated heterocycles. The summed E-state index contributed by atoms with van der Waals surface area (Å²) in [5, 5.41) is 0. The molecule has 1 N–H and O–H groups in total. The van der Waals surface area contributed by atoms with E-state index >= 15 is 0 Å². The van der Waals surface area contributed by atoms with Crippen LogP contribution in [0.5, 0.6) is 0 Å². The Balaban J connectivity index is 2.63. The van der Waals surface area contributed by atoms with Crippen LogP contribution in [0.25, 0.3) is 5.69 Å². The molecule has 4 nitrogen and oxygen atoms in total. The van der Waals surface area contributed by atoms with Gasteiger partial charge in [-0.3, -0.25) is 4.57 Å². The van der Waals surface area contributed by atoms with Crippen LogP contribution in [0.3, 0.4) is 0 Å². The Labute approximate surface area is 68.5 Å². The molecule has 4 heteroatoms.